The van der Waals surface area contributed by atoms with Gasteiger partial charge in [-0.3, -0.25) is 4.79 Å². The summed E-state index contributed by atoms with van der Waals surface area (Å²) in [5.74, 6) is -0.0824. The Labute approximate surface area is 164 Å². The second-order valence-corrected chi connectivity index (χ2v) is 8.35. The number of nitrogens with one attached hydrogen (secondary N) is 1. The summed E-state index contributed by atoms with van der Waals surface area (Å²) in [5.41, 5.74) is 0.782. The lowest BCUT2D eigenvalue weighted by molar-refractivity contribution is -0.115. The van der Waals surface area contributed by atoms with E-state index in [0.717, 1.165) is 21.3 Å². The van der Waals surface area contributed by atoms with Crippen LogP contribution in [0, 0.1) is 0 Å². The van der Waals surface area contributed by atoms with Crippen molar-refractivity contribution in [3.05, 3.63) is 64.9 Å². The molecule has 1 unspecified atom stereocenters. The maximum absolute atomic E-state index is 12.6. The van der Waals surface area contributed by atoms with Gasteiger partial charge in [-0.15, -0.1) is 16.4 Å². The van der Waals surface area contributed by atoms with Crippen LogP contribution in [0.5, 0.6) is 0 Å². The fourth-order valence-electron chi connectivity index (χ4n) is 2.65. The molecule has 2 aromatic heterocycles. The van der Waals surface area contributed by atoms with Crippen LogP contribution < -0.4 is 5.32 Å². The Morgan fingerprint density at radius 2 is 2.04 bits per heavy atom. The third kappa shape index (κ3) is 4.17. The smallest absolute Gasteiger partial charge is 0.237 e. The van der Waals surface area contributed by atoms with Crippen molar-refractivity contribution in [3.8, 4) is 0 Å². The fraction of sp³-hybridized carbons (Fsp3) is 0.158. The summed E-state index contributed by atoms with van der Waals surface area (Å²) in [6.45, 7) is 2.46. The molecule has 27 heavy (non-hydrogen) atoms. The van der Waals surface area contributed by atoms with E-state index in [1.165, 1.54) is 11.8 Å². The lowest BCUT2D eigenvalue weighted by atomic mass is 10.1. The second kappa shape index (κ2) is 7.89. The van der Waals surface area contributed by atoms with E-state index in [0.29, 0.717) is 11.7 Å². The Morgan fingerprint density at radius 3 is 2.85 bits per heavy atom. The molecule has 0 saturated heterocycles. The highest BCUT2D eigenvalue weighted by atomic mass is 32.2. The minimum atomic E-state index is -0.329. The average molecular weight is 396 g/mol. The van der Waals surface area contributed by atoms with Gasteiger partial charge in [0, 0.05) is 10.6 Å². The van der Waals surface area contributed by atoms with Gasteiger partial charge in [-0.05, 0) is 51.7 Å². The van der Waals surface area contributed by atoms with Crippen LogP contribution >= 0.6 is 23.1 Å². The number of carbonyl (C=O) groups is 1. The topological polar surface area (TPSA) is 72.7 Å². The first kappa shape index (κ1) is 17.7. The first-order valence-corrected chi connectivity index (χ1v) is 10.2. The molecule has 136 valence electrons. The summed E-state index contributed by atoms with van der Waals surface area (Å²) < 4.78 is 1.72. The minimum Gasteiger partial charge on any atom is -0.325 e. The number of hydrogen-bond acceptors (Lipinski definition) is 6. The van der Waals surface area contributed by atoms with Gasteiger partial charge in [0.2, 0.25) is 11.1 Å². The molecule has 0 aliphatic heterocycles. The first-order valence-electron chi connectivity index (χ1n) is 8.44. The predicted octanol–water partition coefficient (Wildman–Crippen LogP) is 4.06. The largest absolute Gasteiger partial charge is 0.325 e. The zero-order chi connectivity index (χ0) is 18.6. The van der Waals surface area contributed by atoms with Gasteiger partial charge in [0.15, 0.2) is 0 Å². The number of anilines is 1. The minimum absolute atomic E-state index is 0.0824. The summed E-state index contributed by atoms with van der Waals surface area (Å²) in [6, 6.07) is 18.0. The first-order chi connectivity index (χ1) is 13.2. The highest BCUT2D eigenvalue weighted by Crippen LogP contribution is 2.24. The van der Waals surface area contributed by atoms with Gasteiger partial charge in [-0.25, -0.2) is 4.68 Å². The van der Waals surface area contributed by atoms with Crippen LogP contribution in [0.4, 0.5) is 5.69 Å². The fourth-order valence-corrected chi connectivity index (χ4v) is 4.13. The molecule has 0 aliphatic carbocycles. The number of thioether (sulfide) groups is 1. The number of aromatic nitrogens is 4. The molecule has 0 spiro atoms. The van der Waals surface area contributed by atoms with Gasteiger partial charge >= 0.3 is 0 Å². The highest BCUT2D eigenvalue weighted by Gasteiger charge is 2.19. The highest BCUT2D eigenvalue weighted by molar-refractivity contribution is 8.00. The zero-order valence-electron chi connectivity index (χ0n) is 14.6. The van der Waals surface area contributed by atoms with Crippen LogP contribution in [-0.2, 0) is 11.3 Å². The van der Waals surface area contributed by atoms with Crippen molar-refractivity contribution in [2.24, 2.45) is 0 Å². The Balaban J connectivity index is 1.42. The van der Waals surface area contributed by atoms with Crippen LogP contribution in [0.15, 0.2) is 65.1 Å². The molecule has 8 heteroatoms. The van der Waals surface area contributed by atoms with E-state index in [4.69, 9.17) is 0 Å². The van der Waals surface area contributed by atoms with Crippen LogP contribution in [0.3, 0.4) is 0 Å². The molecule has 4 rings (SSSR count). The Hall–Kier alpha value is -2.71. The molecule has 1 amide bonds. The molecule has 0 fully saturated rings. The molecular formula is C19H17N5OS2. The maximum Gasteiger partial charge on any atom is 0.237 e. The van der Waals surface area contributed by atoms with E-state index in [9.17, 15) is 4.79 Å². The van der Waals surface area contributed by atoms with E-state index in [1.54, 1.807) is 16.0 Å². The van der Waals surface area contributed by atoms with E-state index in [1.807, 2.05) is 66.9 Å². The van der Waals surface area contributed by atoms with Crippen LogP contribution in [0.25, 0.3) is 10.8 Å². The van der Waals surface area contributed by atoms with E-state index < -0.39 is 0 Å². The van der Waals surface area contributed by atoms with Crippen molar-refractivity contribution in [2.75, 3.05) is 5.32 Å². The number of carbonyl (C=O) groups excluding carboxylic acids is 1. The van der Waals surface area contributed by atoms with Gasteiger partial charge < -0.3 is 5.32 Å². The summed E-state index contributed by atoms with van der Waals surface area (Å²) in [7, 11) is 0. The molecule has 0 bridgehead atoms. The van der Waals surface area contributed by atoms with Gasteiger partial charge in [0.05, 0.1) is 11.8 Å². The number of thiophene rings is 1. The Bertz CT molecular complexity index is 1060. The van der Waals surface area contributed by atoms with Crippen LogP contribution in [-0.4, -0.2) is 31.4 Å². The average Bonchev–Trinajstić information content (AvgIpc) is 3.34. The molecule has 2 aromatic carbocycles. The summed E-state index contributed by atoms with van der Waals surface area (Å²) in [5, 5.41) is 19.4. The molecule has 2 heterocycles. The summed E-state index contributed by atoms with van der Waals surface area (Å²) in [4.78, 5) is 13.8. The lowest BCUT2D eigenvalue weighted by Gasteiger charge is -2.12. The lowest BCUT2D eigenvalue weighted by Crippen LogP contribution is -2.23. The van der Waals surface area contributed by atoms with Crippen molar-refractivity contribution in [1.29, 1.82) is 0 Å². The number of rotatable bonds is 6. The van der Waals surface area contributed by atoms with E-state index in [2.05, 4.69) is 20.8 Å². The number of amides is 1. The normalized spacial score (nSPS) is 12.2. The van der Waals surface area contributed by atoms with Gasteiger partial charge in [0.25, 0.3) is 0 Å². The van der Waals surface area contributed by atoms with Gasteiger partial charge in [0.1, 0.15) is 0 Å². The molecule has 0 saturated carbocycles. The molecule has 1 N–H and O–H groups in total. The molecule has 1 atom stereocenters. The monoisotopic (exact) mass is 395 g/mol. The SMILES string of the molecule is CC(Sc1nnnn1Cc1cccs1)C(=O)Nc1ccc2ccccc2c1. The van der Waals surface area contributed by atoms with Crippen molar-refractivity contribution in [1.82, 2.24) is 20.2 Å². The van der Waals surface area contributed by atoms with Crippen LogP contribution in [0.1, 0.15) is 11.8 Å². The maximum atomic E-state index is 12.6. The molecule has 0 aliphatic rings. The summed E-state index contributed by atoms with van der Waals surface area (Å²) in [6.07, 6.45) is 0. The molecule has 4 aromatic rings. The van der Waals surface area contributed by atoms with E-state index >= 15 is 0 Å². The Morgan fingerprint density at radius 1 is 1.19 bits per heavy atom. The number of tetrazole rings is 1. The molecular weight excluding hydrogens is 378 g/mol. The summed E-state index contributed by atoms with van der Waals surface area (Å²) >= 11 is 3.00. The van der Waals surface area contributed by atoms with Gasteiger partial charge in [-0.1, -0.05) is 48.2 Å². The molecule has 6 nitrogen and oxygen atoms in total. The second-order valence-electron chi connectivity index (χ2n) is 6.01. The number of fused-ring (bicyclic) bond motifs is 1. The van der Waals surface area contributed by atoms with E-state index in [-0.39, 0.29) is 11.2 Å². The third-order valence-electron chi connectivity index (χ3n) is 4.05. The molecule has 0 radical (unpaired) electrons. The van der Waals surface area contributed by atoms with Crippen molar-refractivity contribution < 1.29 is 4.79 Å². The third-order valence-corrected chi connectivity index (χ3v) is 5.99. The quantitative estimate of drug-likeness (QED) is 0.499. The standard InChI is InChI=1S/C19H17N5OS2/c1-13(27-19-21-22-23-24(19)12-17-7-4-10-26-17)18(25)20-16-9-8-14-5-2-3-6-15(14)11-16/h2-11,13H,12H2,1H3,(H,20,25). The zero-order valence-corrected chi connectivity index (χ0v) is 16.2. The number of hydrogen-bond donors (Lipinski definition) is 1. The van der Waals surface area contributed by atoms with Crippen molar-refractivity contribution in [3.63, 3.8) is 0 Å². The number of benzene rings is 2. The number of nitrogens with zero attached hydrogens (tertiary/aromatic N) is 4. The van der Waals surface area contributed by atoms with Gasteiger partial charge in [-0.2, -0.15) is 0 Å². The van der Waals surface area contributed by atoms with Crippen molar-refractivity contribution in [2.45, 2.75) is 23.9 Å². The Kier molecular flexibility index (Phi) is 5.17. The van der Waals surface area contributed by atoms with Crippen molar-refractivity contribution >= 4 is 45.5 Å². The van der Waals surface area contributed by atoms with Crippen LogP contribution in [0.2, 0.25) is 0 Å². The predicted molar refractivity (Wildman–Crippen MR) is 109 cm³/mol.